The molecule has 218 valence electrons. The zero-order valence-corrected chi connectivity index (χ0v) is 25.6. The highest BCUT2D eigenvalue weighted by Crippen LogP contribution is 2.28. The predicted molar refractivity (Wildman–Crippen MR) is 165 cm³/mol. The molecule has 1 saturated carbocycles. The van der Waals surface area contributed by atoms with E-state index in [2.05, 4.69) is 32.4 Å². The van der Waals surface area contributed by atoms with Crippen LogP contribution in [-0.2, 0) is 20.8 Å². The summed E-state index contributed by atoms with van der Waals surface area (Å²) in [6.45, 7) is 8.61. The Morgan fingerprint density at radius 3 is 2.62 bits per heavy atom. The Morgan fingerprint density at radius 1 is 1.15 bits per heavy atom. The fourth-order valence-corrected chi connectivity index (χ4v) is 7.57. The summed E-state index contributed by atoms with van der Waals surface area (Å²) in [4.78, 5) is 45.9. The van der Waals surface area contributed by atoms with Crippen LogP contribution < -0.4 is 16.0 Å². The van der Waals surface area contributed by atoms with Gasteiger partial charge in [-0.2, -0.15) is 11.8 Å². The van der Waals surface area contributed by atoms with E-state index in [1.165, 1.54) is 17.8 Å². The van der Waals surface area contributed by atoms with E-state index >= 15 is 0 Å². The van der Waals surface area contributed by atoms with E-state index in [4.69, 9.17) is 11.6 Å². The highest BCUT2D eigenvalue weighted by molar-refractivity contribution is 7.99. The molecule has 3 amide bonds. The van der Waals surface area contributed by atoms with E-state index in [9.17, 15) is 14.4 Å². The third-order valence-electron chi connectivity index (χ3n) is 7.61. The van der Waals surface area contributed by atoms with Crippen molar-refractivity contribution < 1.29 is 14.4 Å². The van der Waals surface area contributed by atoms with E-state index in [-0.39, 0.29) is 42.5 Å². The standard InChI is InChI=1S/C29H40ClN5O3S2/c1-3-26(36)32-23(16-27-33-22-10-9-21(30)15-25(22)40-27)29(38)34-24(20-7-5-4-6-8-20)17-31-28(37)19(2)18-35-11-13-39-14-12-35/h9-10,15,20,23-24H,2-8,11-14,16-18H2,1H3,(H,31,37)(H,32,36)(H,34,38)/t23-,24+/m0/s1. The Hall–Kier alpha value is -2.14. The lowest BCUT2D eigenvalue weighted by Gasteiger charge is -2.32. The van der Waals surface area contributed by atoms with Crippen LogP contribution in [0, 0.1) is 5.92 Å². The molecule has 2 heterocycles. The van der Waals surface area contributed by atoms with Crippen LogP contribution in [-0.4, -0.2) is 77.4 Å². The molecule has 3 N–H and O–H groups in total. The molecule has 8 nitrogen and oxygen atoms in total. The van der Waals surface area contributed by atoms with Gasteiger partial charge >= 0.3 is 0 Å². The Bertz CT molecular complexity index is 1190. The number of thiazole rings is 1. The van der Waals surface area contributed by atoms with E-state index < -0.39 is 6.04 Å². The van der Waals surface area contributed by atoms with Gasteiger partial charge in [-0.1, -0.05) is 44.4 Å². The number of hydrogen-bond acceptors (Lipinski definition) is 7. The smallest absolute Gasteiger partial charge is 0.247 e. The third-order valence-corrected chi connectivity index (χ3v) is 9.83. The molecule has 0 unspecified atom stereocenters. The molecule has 1 saturated heterocycles. The van der Waals surface area contributed by atoms with Gasteiger partial charge in [-0.3, -0.25) is 19.3 Å². The Morgan fingerprint density at radius 2 is 1.90 bits per heavy atom. The van der Waals surface area contributed by atoms with E-state index in [1.807, 2.05) is 23.9 Å². The number of thioether (sulfide) groups is 1. The van der Waals surface area contributed by atoms with Crippen LogP contribution in [0.2, 0.25) is 5.02 Å². The number of carbonyl (C=O) groups is 3. The number of fused-ring (bicyclic) bond motifs is 1. The fraction of sp³-hybridized carbons (Fsp3) is 0.586. The Kier molecular flexibility index (Phi) is 11.7. The maximum Gasteiger partial charge on any atom is 0.247 e. The maximum absolute atomic E-state index is 13.7. The van der Waals surface area contributed by atoms with Gasteiger partial charge in [-0.25, -0.2) is 4.98 Å². The second-order valence-corrected chi connectivity index (χ2v) is 13.4. The van der Waals surface area contributed by atoms with Gasteiger partial charge < -0.3 is 16.0 Å². The van der Waals surface area contributed by atoms with Crippen LogP contribution in [0.5, 0.6) is 0 Å². The van der Waals surface area contributed by atoms with Gasteiger partial charge in [0.05, 0.1) is 15.2 Å². The van der Waals surface area contributed by atoms with Gasteiger partial charge in [-0.05, 0) is 37.0 Å². The summed E-state index contributed by atoms with van der Waals surface area (Å²) < 4.78 is 0.940. The van der Waals surface area contributed by atoms with Crippen molar-refractivity contribution in [1.29, 1.82) is 0 Å². The first-order valence-electron chi connectivity index (χ1n) is 14.2. The van der Waals surface area contributed by atoms with Crippen molar-refractivity contribution in [1.82, 2.24) is 25.8 Å². The second-order valence-electron chi connectivity index (χ2n) is 10.6. The van der Waals surface area contributed by atoms with Gasteiger partial charge in [0.15, 0.2) is 0 Å². The molecule has 2 aromatic rings. The van der Waals surface area contributed by atoms with Crippen molar-refractivity contribution in [3.63, 3.8) is 0 Å². The molecular weight excluding hydrogens is 566 g/mol. The number of halogens is 1. The topological polar surface area (TPSA) is 103 Å². The number of nitrogens with one attached hydrogen (secondary N) is 3. The van der Waals surface area contributed by atoms with Crippen molar-refractivity contribution in [3.8, 4) is 0 Å². The zero-order valence-electron chi connectivity index (χ0n) is 23.2. The molecule has 0 radical (unpaired) electrons. The van der Waals surface area contributed by atoms with Gasteiger partial charge in [0.1, 0.15) is 6.04 Å². The number of hydrogen-bond donors (Lipinski definition) is 3. The summed E-state index contributed by atoms with van der Waals surface area (Å²) in [7, 11) is 0. The normalized spacial score (nSPS) is 18.1. The average Bonchev–Trinajstić information content (AvgIpc) is 3.36. The molecule has 2 atom stereocenters. The van der Waals surface area contributed by atoms with Crippen LogP contribution >= 0.6 is 34.7 Å². The van der Waals surface area contributed by atoms with Gasteiger partial charge in [-0.15, -0.1) is 11.3 Å². The van der Waals surface area contributed by atoms with Gasteiger partial charge in [0, 0.05) is 67.2 Å². The molecule has 40 heavy (non-hydrogen) atoms. The van der Waals surface area contributed by atoms with Crippen LogP contribution in [0.3, 0.4) is 0 Å². The van der Waals surface area contributed by atoms with Gasteiger partial charge in [0.25, 0.3) is 0 Å². The molecule has 2 aliphatic rings. The fourth-order valence-electron chi connectivity index (χ4n) is 5.30. The molecular formula is C29H40ClN5O3S2. The van der Waals surface area contributed by atoms with Crippen LogP contribution in [0.15, 0.2) is 30.4 Å². The SMILES string of the molecule is C=C(CN1CCSCC1)C(=O)NC[C@@H](NC(=O)[C@H](Cc1nc2ccc(Cl)cc2s1)NC(=O)CC)C1CCCCC1. The molecule has 1 aliphatic heterocycles. The number of benzene rings is 1. The average molecular weight is 606 g/mol. The number of rotatable bonds is 12. The molecule has 0 spiro atoms. The summed E-state index contributed by atoms with van der Waals surface area (Å²) in [5.74, 6) is 1.79. The van der Waals surface area contributed by atoms with Crippen molar-refractivity contribution in [2.24, 2.45) is 5.92 Å². The minimum atomic E-state index is -0.766. The lowest BCUT2D eigenvalue weighted by atomic mass is 9.83. The molecule has 4 rings (SSSR count). The summed E-state index contributed by atoms with van der Waals surface area (Å²) in [5.41, 5.74) is 1.36. The first kappa shape index (κ1) is 30.8. The summed E-state index contributed by atoms with van der Waals surface area (Å²) >= 11 is 9.55. The van der Waals surface area contributed by atoms with Crippen molar-refractivity contribution >= 4 is 62.6 Å². The molecule has 2 fully saturated rings. The lowest BCUT2D eigenvalue weighted by molar-refractivity contribution is -0.129. The Balaban J connectivity index is 1.42. The highest BCUT2D eigenvalue weighted by atomic mass is 35.5. The minimum Gasteiger partial charge on any atom is -0.350 e. The quantitative estimate of drug-likeness (QED) is 0.314. The van der Waals surface area contributed by atoms with Crippen molar-refractivity contribution in [2.75, 3.05) is 37.7 Å². The number of carbonyl (C=O) groups excluding carboxylic acids is 3. The molecule has 11 heteroatoms. The molecule has 1 aromatic heterocycles. The summed E-state index contributed by atoms with van der Waals surface area (Å²) in [5, 5.41) is 10.5. The first-order valence-corrected chi connectivity index (χ1v) is 16.6. The lowest BCUT2D eigenvalue weighted by Crippen LogP contribution is -2.55. The van der Waals surface area contributed by atoms with E-state index in [0.29, 0.717) is 23.7 Å². The van der Waals surface area contributed by atoms with Crippen LogP contribution in [0.4, 0.5) is 0 Å². The summed E-state index contributed by atoms with van der Waals surface area (Å²) in [6.07, 6.45) is 5.95. The molecule has 1 aliphatic carbocycles. The van der Waals surface area contributed by atoms with Gasteiger partial charge in [0.2, 0.25) is 17.7 Å². The second kappa shape index (κ2) is 15.2. The van der Waals surface area contributed by atoms with Crippen molar-refractivity contribution in [3.05, 3.63) is 40.4 Å². The number of amides is 3. The van der Waals surface area contributed by atoms with Crippen molar-refractivity contribution in [2.45, 2.75) is 64.0 Å². The minimum absolute atomic E-state index is 0.169. The number of nitrogens with zero attached hydrogens (tertiary/aromatic N) is 2. The van der Waals surface area contributed by atoms with E-state index in [0.717, 1.165) is 65.5 Å². The molecule has 1 aromatic carbocycles. The maximum atomic E-state index is 13.7. The Labute approximate surface area is 250 Å². The third kappa shape index (κ3) is 8.93. The highest BCUT2D eigenvalue weighted by Gasteiger charge is 2.30. The first-order chi connectivity index (χ1) is 19.3. The zero-order chi connectivity index (χ0) is 28.5. The largest absolute Gasteiger partial charge is 0.350 e. The number of aromatic nitrogens is 1. The van der Waals surface area contributed by atoms with E-state index in [1.54, 1.807) is 13.0 Å². The van der Waals surface area contributed by atoms with Crippen LogP contribution in [0.1, 0.15) is 50.5 Å². The monoisotopic (exact) mass is 605 g/mol. The predicted octanol–water partition coefficient (Wildman–Crippen LogP) is 4.17. The molecule has 0 bridgehead atoms. The summed E-state index contributed by atoms with van der Waals surface area (Å²) in [6, 6.07) is 4.51. The van der Waals surface area contributed by atoms with Crippen LogP contribution in [0.25, 0.3) is 10.2 Å².